The second kappa shape index (κ2) is 6.20. The van der Waals surface area contributed by atoms with E-state index in [-0.39, 0.29) is 5.91 Å². The molecule has 0 aromatic carbocycles. The van der Waals surface area contributed by atoms with Crippen molar-refractivity contribution in [2.75, 3.05) is 13.1 Å². The van der Waals surface area contributed by atoms with Crippen LogP contribution in [0.25, 0.3) is 0 Å². The molecule has 2 aromatic heterocycles. The Hall–Kier alpha value is -1.69. The largest absolute Gasteiger partial charge is 0.338 e. The summed E-state index contributed by atoms with van der Waals surface area (Å²) in [6, 6.07) is 0. The van der Waals surface area contributed by atoms with Gasteiger partial charge in [0.15, 0.2) is 0 Å². The molecule has 6 heteroatoms. The van der Waals surface area contributed by atoms with Gasteiger partial charge >= 0.3 is 0 Å². The molecule has 3 heterocycles. The van der Waals surface area contributed by atoms with E-state index in [2.05, 4.69) is 22.1 Å². The zero-order chi connectivity index (χ0) is 15.7. The molecule has 0 aliphatic carbocycles. The monoisotopic (exact) mass is 318 g/mol. The van der Waals surface area contributed by atoms with Crippen LogP contribution in [0.4, 0.5) is 0 Å². The van der Waals surface area contributed by atoms with Crippen LogP contribution in [-0.2, 0) is 6.42 Å². The van der Waals surface area contributed by atoms with Crippen LogP contribution in [0.15, 0.2) is 6.20 Å². The maximum absolute atomic E-state index is 12.7. The van der Waals surface area contributed by atoms with E-state index in [1.54, 1.807) is 0 Å². The molecular formula is C16H22N4OS. The summed E-state index contributed by atoms with van der Waals surface area (Å²) in [5.74, 6) is 0.653. The molecule has 5 nitrogen and oxygen atoms in total. The number of nitrogens with one attached hydrogen (secondary N) is 1. The van der Waals surface area contributed by atoms with Crippen molar-refractivity contribution in [2.24, 2.45) is 5.92 Å². The lowest BCUT2D eigenvalue weighted by Crippen LogP contribution is -2.40. The second-order valence-corrected chi connectivity index (χ2v) is 7.35. The minimum Gasteiger partial charge on any atom is -0.338 e. The molecule has 1 aliphatic heterocycles. The molecule has 0 saturated carbocycles. The van der Waals surface area contributed by atoms with E-state index in [0.29, 0.717) is 5.92 Å². The molecule has 118 valence electrons. The first-order valence-corrected chi connectivity index (χ1v) is 8.58. The molecule has 1 aliphatic rings. The number of nitrogens with zero attached hydrogens (tertiary/aromatic N) is 3. The highest BCUT2D eigenvalue weighted by Gasteiger charge is 2.27. The molecule has 3 rings (SSSR count). The minimum absolute atomic E-state index is 0.147. The zero-order valence-corrected chi connectivity index (χ0v) is 14.2. The van der Waals surface area contributed by atoms with Gasteiger partial charge in [-0.05, 0) is 51.5 Å². The van der Waals surface area contributed by atoms with Gasteiger partial charge in [-0.15, -0.1) is 11.3 Å². The maximum Gasteiger partial charge on any atom is 0.265 e. The first-order valence-electron chi connectivity index (χ1n) is 7.76. The number of H-pyrrole nitrogens is 1. The molecular weight excluding hydrogens is 296 g/mol. The number of hydrogen-bond donors (Lipinski definition) is 1. The summed E-state index contributed by atoms with van der Waals surface area (Å²) in [4.78, 5) is 19.9. The van der Waals surface area contributed by atoms with Crippen LogP contribution < -0.4 is 0 Å². The Morgan fingerprint density at radius 2 is 2.27 bits per heavy atom. The number of carbonyl (C=O) groups is 1. The average molecular weight is 318 g/mol. The molecule has 1 N–H and O–H groups in total. The van der Waals surface area contributed by atoms with Crippen molar-refractivity contribution in [3.63, 3.8) is 0 Å². The van der Waals surface area contributed by atoms with Gasteiger partial charge in [-0.25, -0.2) is 4.98 Å². The van der Waals surface area contributed by atoms with Crippen LogP contribution in [0.3, 0.4) is 0 Å². The zero-order valence-electron chi connectivity index (χ0n) is 13.3. The van der Waals surface area contributed by atoms with Crippen LogP contribution >= 0.6 is 11.3 Å². The van der Waals surface area contributed by atoms with E-state index in [1.165, 1.54) is 29.0 Å². The van der Waals surface area contributed by atoms with Gasteiger partial charge in [-0.3, -0.25) is 9.89 Å². The number of hydrogen-bond acceptors (Lipinski definition) is 4. The molecule has 0 bridgehead atoms. The summed E-state index contributed by atoms with van der Waals surface area (Å²) in [6.45, 7) is 7.63. The Labute approximate surface area is 134 Å². The standard InChI is InChI=1S/C16H22N4OS/c1-10-8-17-19-14(10)7-13-5-4-6-20(9-13)16(21)15-11(2)18-12(3)22-15/h8,13H,4-7,9H2,1-3H3,(H,17,19)/t13-/m0/s1. The molecule has 1 amide bonds. The summed E-state index contributed by atoms with van der Waals surface area (Å²) in [6.07, 6.45) is 5.07. The van der Waals surface area contributed by atoms with E-state index >= 15 is 0 Å². The number of carbonyl (C=O) groups excluding carboxylic acids is 1. The van der Waals surface area contributed by atoms with Crippen molar-refractivity contribution in [1.82, 2.24) is 20.1 Å². The fourth-order valence-corrected chi connectivity index (χ4v) is 4.05. The molecule has 1 saturated heterocycles. The summed E-state index contributed by atoms with van der Waals surface area (Å²) in [7, 11) is 0. The number of thiazole rings is 1. The smallest absolute Gasteiger partial charge is 0.265 e. The van der Waals surface area contributed by atoms with Crippen molar-refractivity contribution >= 4 is 17.2 Å². The maximum atomic E-state index is 12.7. The molecule has 1 atom stereocenters. The van der Waals surface area contributed by atoms with E-state index in [4.69, 9.17) is 0 Å². The topological polar surface area (TPSA) is 61.9 Å². The third-order valence-corrected chi connectivity index (χ3v) is 5.39. The number of piperidine rings is 1. The van der Waals surface area contributed by atoms with Crippen LogP contribution in [0.2, 0.25) is 0 Å². The van der Waals surface area contributed by atoms with Crippen molar-refractivity contribution in [1.29, 1.82) is 0 Å². The summed E-state index contributed by atoms with van der Waals surface area (Å²) >= 11 is 1.51. The number of likely N-dealkylation sites (tertiary alicyclic amines) is 1. The fraction of sp³-hybridized carbons (Fsp3) is 0.562. The van der Waals surface area contributed by atoms with Gasteiger partial charge in [-0.2, -0.15) is 5.10 Å². The highest BCUT2D eigenvalue weighted by atomic mass is 32.1. The lowest BCUT2D eigenvalue weighted by atomic mass is 9.92. The van der Waals surface area contributed by atoms with Crippen molar-refractivity contribution in [3.8, 4) is 0 Å². The lowest BCUT2D eigenvalue weighted by Gasteiger charge is -2.32. The van der Waals surface area contributed by atoms with Gasteiger partial charge in [0.05, 0.1) is 16.9 Å². The summed E-state index contributed by atoms with van der Waals surface area (Å²) in [5, 5.41) is 8.13. The number of aromatic nitrogens is 3. The second-order valence-electron chi connectivity index (χ2n) is 6.14. The Bertz CT molecular complexity index is 675. The van der Waals surface area contributed by atoms with Gasteiger partial charge in [0.1, 0.15) is 4.88 Å². The quantitative estimate of drug-likeness (QED) is 0.946. The highest BCUT2D eigenvalue weighted by Crippen LogP contribution is 2.25. The minimum atomic E-state index is 0.147. The van der Waals surface area contributed by atoms with Gasteiger partial charge in [0, 0.05) is 18.8 Å². The average Bonchev–Trinajstić information content (AvgIpc) is 3.04. The third kappa shape index (κ3) is 3.06. The number of rotatable bonds is 3. The summed E-state index contributed by atoms with van der Waals surface area (Å²) < 4.78 is 0. The Kier molecular flexibility index (Phi) is 4.29. The SMILES string of the molecule is Cc1nc(C)c(C(=O)N2CCC[C@@H](Cc3[nH]ncc3C)C2)s1. The van der Waals surface area contributed by atoms with Gasteiger partial charge in [0.25, 0.3) is 5.91 Å². The Morgan fingerprint density at radius 3 is 2.91 bits per heavy atom. The van der Waals surface area contributed by atoms with Crippen molar-refractivity contribution in [2.45, 2.75) is 40.0 Å². The van der Waals surface area contributed by atoms with E-state index in [1.807, 2.05) is 24.9 Å². The van der Waals surface area contributed by atoms with Crippen LogP contribution in [0.1, 0.15) is 44.5 Å². The molecule has 0 radical (unpaired) electrons. The first kappa shape index (κ1) is 15.2. The lowest BCUT2D eigenvalue weighted by molar-refractivity contribution is 0.0676. The van der Waals surface area contributed by atoms with Crippen LogP contribution in [-0.4, -0.2) is 39.1 Å². The number of amides is 1. The predicted molar refractivity (Wildman–Crippen MR) is 87.2 cm³/mol. The number of aromatic amines is 1. The van der Waals surface area contributed by atoms with Gasteiger partial charge < -0.3 is 4.90 Å². The van der Waals surface area contributed by atoms with Gasteiger partial charge in [0.2, 0.25) is 0 Å². The first-order chi connectivity index (χ1) is 10.5. The molecule has 2 aromatic rings. The van der Waals surface area contributed by atoms with Crippen molar-refractivity contribution in [3.05, 3.63) is 33.0 Å². The molecule has 0 unspecified atom stereocenters. The molecule has 22 heavy (non-hydrogen) atoms. The third-order valence-electron chi connectivity index (χ3n) is 4.33. The van der Waals surface area contributed by atoms with Crippen LogP contribution in [0, 0.1) is 26.7 Å². The Morgan fingerprint density at radius 1 is 1.45 bits per heavy atom. The normalized spacial score (nSPS) is 18.7. The van der Waals surface area contributed by atoms with Crippen molar-refractivity contribution < 1.29 is 4.79 Å². The van der Waals surface area contributed by atoms with Gasteiger partial charge in [-0.1, -0.05) is 0 Å². The van der Waals surface area contributed by atoms with E-state index in [9.17, 15) is 4.79 Å². The number of aryl methyl sites for hydroxylation is 3. The molecule has 0 spiro atoms. The fourth-order valence-electron chi connectivity index (χ4n) is 3.16. The Balaban J connectivity index is 1.69. The van der Waals surface area contributed by atoms with E-state index < -0.39 is 0 Å². The van der Waals surface area contributed by atoms with E-state index in [0.717, 1.165) is 41.5 Å². The summed E-state index contributed by atoms with van der Waals surface area (Å²) in [5.41, 5.74) is 3.26. The predicted octanol–water partition coefficient (Wildman–Crippen LogP) is 2.89. The van der Waals surface area contributed by atoms with Crippen LogP contribution in [0.5, 0.6) is 0 Å². The highest BCUT2D eigenvalue weighted by molar-refractivity contribution is 7.13. The molecule has 1 fully saturated rings.